The van der Waals surface area contributed by atoms with Crippen molar-refractivity contribution >= 4 is 23.4 Å². The molecule has 0 bridgehead atoms. The van der Waals surface area contributed by atoms with Gasteiger partial charge in [0.2, 0.25) is 0 Å². The molecule has 1 aliphatic heterocycles. The Bertz CT molecular complexity index is 1260. The predicted molar refractivity (Wildman–Crippen MR) is 107 cm³/mol. The summed E-state index contributed by atoms with van der Waals surface area (Å²) in [7, 11) is 2.90. The third-order valence-corrected chi connectivity index (χ3v) is 5.66. The van der Waals surface area contributed by atoms with Gasteiger partial charge in [-0.3, -0.25) is 9.36 Å². The second-order valence-electron chi connectivity index (χ2n) is 6.36. The van der Waals surface area contributed by atoms with Gasteiger partial charge in [-0.25, -0.2) is 9.79 Å². The lowest BCUT2D eigenvalue weighted by atomic mass is 9.96. The molecular weight excluding hydrogens is 392 g/mol. The fourth-order valence-electron chi connectivity index (χ4n) is 3.30. The van der Waals surface area contributed by atoms with Crippen LogP contribution in [0.5, 0.6) is 5.75 Å². The number of rotatable bonds is 4. The van der Waals surface area contributed by atoms with Gasteiger partial charge in [0.15, 0.2) is 4.80 Å². The second-order valence-corrected chi connectivity index (χ2v) is 7.37. The van der Waals surface area contributed by atoms with Gasteiger partial charge >= 0.3 is 5.97 Å². The Morgan fingerprint density at radius 1 is 1.24 bits per heavy atom. The molecule has 1 unspecified atom stereocenters. The highest BCUT2D eigenvalue weighted by Gasteiger charge is 2.33. The van der Waals surface area contributed by atoms with E-state index in [4.69, 9.17) is 13.9 Å². The first-order valence-electron chi connectivity index (χ1n) is 8.82. The molecule has 1 aromatic carbocycles. The lowest BCUT2D eigenvalue weighted by molar-refractivity contribution is -0.136. The summed E-state index contributed by atoms with van der Waals surface area (Å²) in [6.07, 6.45) is 3.22. The van der Waals surface area contributed by atoms with Crippen molar-refractivity contribution in [3.63, 3.8) is 0 Å². The molecule has 0 amide bonds. The van der Waals surface area contributed by atoms with Crippen LogP contribution in [-0.4, -0.2) is 24.8 Å². The molecule has 1 atom stereocenters. The van der Waals surface area contributed by atoms with E-state index in [1.54, 1.807) is 50.6 Å². The Morgan fingerprint density at radius 2 is 2.00 bits per heavy atom. The number of fused-ring (bicyclic) bond motifs is 1. The lowest BCUT2D eigenvalue weighted by Gasteiger charge is -2.24. The van der Waals surface area contributed by atoms with Crippen LogP contribution in [0.2, 0.25) is 0 Å². The number of allylic oxidation sites excluding steroid dienone is 1. The number of carbonyl (C=O) groups is 1. The number of thiazole rings is 1. The van der Waals surface area contributed by atoms with Crippen LogP contribution in [0.4, 0.5) is 0 Å². The minimum Gasteiger partial charge on any atom is -0.497 e. The van der Waals surface area contributed by atoms with Crippen LogP contribution >= 0.6 is 11.3 Å². The smallest absolute Gasteiger partial charge is 0.338 e. The van der Waals surface area contributed by atoms with E-state index in [1.165, 1.54) is 23.0 Å². The van der Waals surface area contributed by atoms with E-state index in [0.29, 0.717) is 32.1 Å². The minimum absolute atomic E-state index is 0.250. The van der Waals surface area contributed by atoms with Crippen LogP contribution in [0.1, 0.15) is 24.3 Å². The number of hydrogen-bond acceptors (Lipinski definition) is 7. The highest BCUT2D eigenvalue weighted by Crippen LogP contribution is 2.31. The van der Waals surface area contributed by atoms with Crippen LogP contribution < -0.4 is 19.6 Å². The van der Waals surface area contributed by atoms with E-state index in [0.717, 1.165) is 5.56 Å². The molecule has 1 aliphatic rings. The van der Waals surface area contributed by atoms with Crippen LogP contribution in [-0.2, 0) is 9.53 Å². The molecular formula is C21H18N2O5S. The van der Waals surface area contributed by atoms with Gasteiger partial charge in [0.25, 0.3) is 5.56 Å². The fourth-order valence-corrected chi connectivity index (χ4v) is 4.32. The first kappa shape index (κ1) is 18.9. The van der Waals surface area contributed by atoms with Gasteiger partial charge in [0, 0.05) is 6.08 Å². The number of ether oxygens (including phenoxy) is 2. The number of benzene rings is 1. The molecule has 0 saturated heterocycles. The van der Waals surface area contributed by atoms with E-state index >= 15 is 0 Å². The van der Waals surface area contributed by atoms with Gasteiger partial charge in [0.05, 0.1) is 42.3 Å². The molecule has 3 heterocycles. The summed E-state index contributed by atoms with van der Waals surface area (Å²) in [6, 6.07) is 10.1. The average molecular weight is 410 g/mol. The van der Waals surface area contributed by atoms with Crippen molar-refractivity contribution in [2.24, 2.45) is 4.99 Å². The largest absolute Gasteiger partial charge is 0.497 e. The summed E-state index contributed by atoms with van der Waals surface area (Å²) in [4.78, 5) is 30.8. The summed E-state index contributed by atoms with van der Waals surface area (Å²) >= 11 is 1.25. The second kappa shape index (κ2) is 7.56. The van der Waals surface area contributed by atoms with E-state index in [1.807, 2.05) is 12.1 Å². The molecule has 0 radical (unpaired) electrons. The average Bonchev–Trinajstić information content (AvgIpc) is 3.35. The first-order chi connectivity index (χ1) is 14.0. The molecule has 148 valence electrons. The Labute approximate surface area is 169 Å². The standard InChI is InChI=1S/C21H18N2O5S/c1-12-17(20(25)27-3)18(13-6-8-14(26-2)9-7-13)23-19(24)16(29-21(23)22-12)11-15-5-4-10-28-15/h4-11,18H,1-3H3. The van der Waals surface area contributed by atoms with E-state index in [-0.39, 0.29) is 5.56 Å². The number of esters is 1. The maximum atomic E-state index is 13.3. The van der Waals surface area contributed by atoms with Crippen molar-refractivity contribution in [3.05, 3.63) is 84.9 Å². The Kier molecular flexibility index (Phi) is 4.94. The van der Waals surface area contributed by atoms with Gasteiger partial charge in [-0.05, 0) is 36.8 Å². The van der Waals surface area contributed by atoms with Crippen molar-refractivity contribution in [3.8, 4) is 5.75 Å². The SMILES string of the molecule is COC(=O)C1=C(C)N=c2sc(=Cc3ccco3)c(=O)n2C1c1ccc(OC)cc1. The van der Waals surface area contributed by atoms with Gasteiger partial charge < -0.3 is 13.9 Å². The molecule has 0 saturated carbocycles. The quantitative estimate of drug-likeness (QED) is 0.615. The number of hydrogen-bond donors (Lipinski definition) is 0. The summed E-state index contributed by atoms with van der Waals surface area (Å²) in [5.74, 6) is 0.729. The number of aromatic nitrogens is 1. The highest BCUT2D eigenvalue weighted by atomic mass is 32.1. The summed E-state index contributed by atoms with van der Waals surface area (Å²) in [5.41, 5.74) is 1.35. The van der Waals surface area contributed by atoms with Crippen LogP contribution in [0.3, 0.4) is 0 Å². The summed E-state index contributed by atoms with van der Waals surface area (Å²) in [5, 5.41) is 0. The van der Waals surface area contributed by atoms with Gasteiger partial charge in [-0.2, -0.15) is 0 Å². The molecule has 0 N–H and O–H groups in total. The molecule has 4 rings (SSSR count). The number of methoxy groups -OCH3 is 2. The highest BCUT2D eigenvalue weighted by molar-refractivity contribution is 7.07. The maximum absolute atomic E-state index is 13.3. The molecule has 8 heteroatoms. The van der Waals surface area contributed by atoms with Crippen molar-refractivity contribution in [2.45, 2.75) is 13.0 Å². The molecule has 3 aromatic rings. The first-order valence-corrected chi connectivity index (χ1v) is 9.63. The van der Waals surface area contributed by atoms with Crippen molar-refractivity contribution in [1.82, 2.24) is 4.57 Å². The van der Waals surface area contributed by atoms with Crippen molar-refractivity contribution < 1.29 is 18.7 Å². The van der Waals surface area contributed by atoms with Crippen molar-refractivity contribution in [1.29, 1.82) is 0 Å². The topological polar surface area (TPSA) is 83.0 Å². The molecule has 29 heavy (non-hydrogen) atoms. The monoisotopic (exact) mass is 410 g/mol. The molecule has 0 aliphatic carbocycles. The van der Waals surface area contributed by atoms with E-state index < -0.39 is 12.0 Å². The lowest BCUT2D eigenvalue weighted by Crippen LogP contribution is -2.39. The number of nitrogens with zero attached hydrogens (tertiary/aromatic N) is 2. The predicted octanol–water partition coefficient (Wildman–Crippen LogP) is 2.01. The molecule has 2 aromatic heterocycles. The third-order valence-electron chi connectivity index (χ3n) is 4.68. The van der Waals surface area contributed by atoms with Gasteiger partial charge in [-0.15, -0.1) is 0 Å². The molecule has 0 spiro atoms. The van der Waals surface area contributed by atoms with Crippen molar-refractivity contribution in [2.75, 3.05) is 14.2 Å². The zero-order valence-corrected chi connectivity index (χ0v) is 16.9. The zero-order chi connectivity index (χ0) is 20.5. The van der Waals surface area contributed by atoms with Crippen LogP contribution in [0.15, 0.2) is 68.1 Å². The van der Waals surface area contributed by atoms with Crippen LogP contribution in [0, 0.1) is 0 Å². The zero-order valence-electron chi connectivity index (χ0n) is 16.0. The summed E-state index contributed by atoms with van der Waals surface area (Å²) in [6.45, 7) is 1.74. The molecule has 7 nitrogen and oxygen atoms in total. The minimum atomic E-state index is -0.650. The third kappa shape index (κ3) is 3.31. The summed E-state index contributed by atoms with van der Waals surface area (Å²) < 4.78 is 17.5. The van der Waals surface area contributed by atoms with Gasteiger partial charge in [0.1, 0.15) is 11.5 Å². The van der Waals surface area contributed by atoms with E-state index in [2.05, 4.69) is 4.99 Å². The fraction of sp³-hybridized carbons (Fsp3) is 0.190. The van der Waals surface area contributed by atoms with Gasteiger partial charge in [-0.1, -0.05) is 23.5 Å². The number of carbonyl (C=O) groups excluding carboxylic acids is 1. The Morgan fingerprint density at radius 3 is 2.62 bits per heavy atom. The maximum Gasteiger partial charge on any atom is 0.338 e. The Balaban J connectivity index is 1.97. The Hall–Kier alpha value is -3.39. The van der Waals surface area contributed by atoms with Crippen LogP contribution in [0.25, 0.3) is 6.08 Å². The number of furan rings is 1. The van der Waals surface area contributed by atoms with E-state index in [9.17, 15) is 9.59 Å². The normalized spacial score (nSPS) is 16.4. The molecule has 0 fully saturated rings.